The number of hydrogen-bond donors (Lipinski definition) is 0. The minimum Gasteiger partial charge on any atom is -0.276 e. The summed E-state index contributed by atoms with van der Waals surface area (Å²) in [6.07, 6.45) is 2.77. The van der Waals surface area contributed by atoms with Crippen molar-refractivity contribution >= 4 is 10.0 Å². The monoisotopic (exact) mass is 398 g/mol. The van der Waals surface area contributed by atoms with Gasteiger partial charge in [0.15, 0.2) is 4.90 Å². The van der Waals surface area contributed by atoms with E-state index in [1.165, 1.54) is 4.68 Å². The summed E-state index contributed by atoms with van der Waals surface area (Å²) in [5.41, 5.74) is -0.157. The minimum absolute atomic E-state index is 0.0589. The zero-order chi connectivity index (χ0) is 19.3. The van der Waals surface area contributed by atoms with Gasteiger partial charge in [0.05, 0.1) is 0 Å². The van der Waals surface area contributed by atoms with Gasteiger partial charge in [0.25, 0.3) is 0 Å². The van der Waals surface area contributed by atoms with Gasteiger partial charge in [-0.15, -0.1) is 0 Å². The minimum atomic E-state index is -4.26. The molecular weight excluding hydrogens is 378 g/mol. The van der Waals surface area contributed by atoms with Crippen LogP contribution in [0.4, 0.5) is 8.78 Å². The van der Waals surface area contributed by atoms with Crippen LogP contribution in [-0.2, 0) is 17.1 Å². The fourth-order valence-electron chi connectivity index (χ4n) is 3.67. The number of benzene rings is 1. The van der Waals surface area contributed by atoms with E-state index >= 15 is 0 Å². The molecule has 7 nitrogen and oxygen atoms in total. The van der Waals surface area contributed by atoms with Crippen molar-refractivity contribution in [3.63, 3.8) is 0 Å². The molecule has 146 valence electrons. The van der Waals surface area contributed by atoms with E-state index in [0.29, 0.717) is 18.7 Å². The standard InChI is InChI=1S/C17H20F2N4O3S/c1-21-17(24)23(12-5-6-12)16(20-21)11-7-9-22(10-8-11)27(25,26)15-13(18)3-2-4-14(15)19/h2-4,11-12H,5-10H2,1H3. The molecule has 2 heterocycles. The lowest BCUT2D eigenvalue weighted by Crippen LogP contribution is -2.39. The summed E-state index contributed by atoms with van der Waals surface area (Å²) in [5.74, 6) is -1.57. The first kappa shape index (κ1) is 18.3. The van der Waals surface area contributed by atoms with E-state index in [-0.39, 0.29) is 30.7 Å². The van der Waals surface area contributed by atoms with Crippen molar-refractivity contribution in [1.82, 2.24) is 18.7 Å². The molecule has 27 heavy (non-hydrogen) atoms. The summed E-state index contributed by atoms with van der Waals surface area (Å²) in [6, 6.07) is 3.18. The molecule has 10 heteroatoms. The van der Waals surface area contributed by atoms with Crippen LogP contribution >= 0.6 is 0 Å². The van der Waals surface area contributed by atoms with Gasteiger partial charge >= 0.3 is 5.69 Å². The molecule has 0 spiro atoms. The molecule has 0 bridgehead atoms. The summed E-state index contributed by atoms with van der Waals surface area (Å²) in [5, 5.41) is 4.35. The highest BCUT2D eigenvalue weighted by molar-refractivity contribution is 7.89. The molecule has 1 aromatic carbocycles. The van der Waals surface area contributed by atoms with Crippen LogP contribution < -0.4 is 5.69 Å². The van der Waals surface area contributed by atoms with Crippen LogP contribution in [-0.4, -0.2) is 40.2 Å². The maximum Gasteiger partial charge on any atom is 0.345 e. The number of halogens is 2. The van der Waals surface area contributed by atoms with Gasteiger partial charge in [-0.25, -0.2) is 26.7 Å². The highest BCUT2D eigenvalue weighted by Crippen LogP contribution is 2.38. The van der Waals surface area contributed by atoms with Crippen LogP contribution in [0.2, 0.25) is 0 Å². The Bertz CT molecular complexity index is 1010. The Morgan fingerprint density at radius 2 is 1.67 bits per heavy atom. The van der Waals surface area contributed by atoms with E-state index in [0.717, 1.165) is 35.3 Å². The first-order valence-electron chi connectivity index (χ1n) is 8.90. The summed E-state index contributed by atoms with van der Waals surface area (Å²) >= 11 is 0. The Balaban J connectivity index is 1.56. The molecule has 1 saturated carbocycles. The average molecular weight is 398 g/mol. The van der Waals surface area contributed by atoms with E-state index < -0.39 is 26.6 Å². The molecule has 1 aliphatic heterocycles. The third-order valence-electron chi connectivity index (χ3n) is 5.23. The van der Waals surface area contributed by atoms with Gasteiger partial charge < -0.3 is 0 Å². The normalized spacial score (nSPS) is 19.5. The molecular formula is C17H20F2N4O3S. The molecule has 0 radical (unpaired) electrons. The molecule has 1 aliphatic carbocycles. The van der Waals surface area contributed by atoms with Crippen molar-refractivity contribution in [3.8, 4) is 0 Å². The van der Waals surface area contributed by atoms with Crippen LogP contribution in [0.15, 0.2) is 27.9 Å². The predicted molar refractivity (Wildman–Crippen MR) is 92.8 cm³/mol. The molecule has 0 amide bonds. The number of aryl methyl sites for hydroxylation is 1. The Morgan fingerprint density at radius 1 is 1.07 bits per heavy atom. The fourth-order valence-corrected chi connectivity index (χ4v) is 5.24. The molecule has 1 aromatic heterocycles. The quantitative estimate of drug-likeness (QED) is 0.786. The van der Waals surface area contributed by atoms with Gasteiger partial charge in [0.2, 0.25) is 10.0 Å². The summed E-state index contributed by atoms with van der Waals surface area (Å²) in [4.78, 5) is 11.4. The number of sulfonamides is 1. The van der Waals surface area contributed by atoms with E-state index in [1.54, 1.807) is 11.6 Å². The Hall–Kier alpha value is -2.07. The van der Waals surface area contributed by atoms with E-state index in [4.69, 9.17) is 0 Å². The maximum atomic E-state index is 13.9. The smallest absolute Gasteiger partial charge is 0.276 e. The third-order valence-corrected chi connectivity index (χ3v) is 7.18. The Morgan fingerprint density at radius 3 is 2.22 bits per heavy atom. The zero-order valence-corrected chi connectivity index (χ0v) is 15.6. The van der Waals surface area contributed by atoms with Crippen LogP contribution in [0.3, 0.4) is 0 Å². The molecule has 2 fully saturated rings. The summed E-state index contributed by atoms with van der Waals surface area (Å²) < 4.78 is 57.4. The molecule has 2 aromatic rings. The zero-order valence-electron chi connectivity index (χ0n) is 14.8. The lowest BCUT2D eigenvalue weighted by Gasteiger charge is -2.31. The van der Waals surface area contributed by atoms with Crippen LogP contribution in [0.25, 0.3) is 0 Å². The van der Waals surface area contributed by atoms with Crippen molar-refractivity contribution in [1.29, 1.82) is 0 Å². The highest BCUT2D eigenvalue weighted by Gasteiger charge is 2.37. The molecule has 0 unspecified atom stereocenters. The van der Waals surface area contributed by atoms with E-state index in [1.807, 2.05) is 0 Å². The Kier molecular flexibility index (Phi) is 4.42. The van der Waals surface area contributed by atoms with Gasteiger partial charge in [-0.2, -0.15) is 9.40 Å². The van der Waals surface area contributed by atoms with Crippen LogP contribution in [0.1, 0.15) is 43.5 Å². The largest absolute Gasteiger partial charge is 0.345 e. The second kappa shape index (κ2) is 6.52. The number of hydrogen-bond acceptors (Lipinski definition) is 4. The first-order chi connectivity index (χ1) is 12.8. The van der Waals surface area contributed by atoms with Crippen LogP contribution in [0, 0.1) is 11.6 Å². The summed E-state index contributed by atoms with van der Waals surface area (Å²) in [6.45, 7) is 0.242. The molecule has 0 atom stereocenters. The first-order valence-corrected chi connectivity index (χ1v) is 10.3. The fraction of sp³-hybridized carbons (Fsp3) is 0.529. The number of aromatic nitrogens is 3. The maximum absolute atomic E-state index is 13.9. The second-order valence-electron chi connectivity index (χ2n) is 7.09. The van der Waals surface area contributed by atoms with Gasteiger partial charge in [-0.1, -0.05) is 6.07 Å². The lowest BCUT2D eigenvalue weighted by atomic mass is 9.97. The van der Waals surface area contributed by atoms with Gasteiger partial charge in [0, 0.05) is 32.1 Å². The van der Waals surface area contributed by atoms with Gasteiger partial charge in [0.1, 0.15) is 17.5 Å². The van der Waals surface area contributed by atoms with Crippen molar-refractivity contribution in [2.75, 3.05) is 13.1 Å². The number of nitrogens with zero attached hydrogens (tertiary/aromatic N) is 4. The molecule has 0 N–H and O–H groups in total. The SMILES string of the molecule is Cn1nc(C2CCN(S(=O)(=O)c3c(F)cccc3F)CC2)n(C2CC2)c1=O. The Labute approximate surface area is 155 Å². The summed E-state index contributed by atoms with van der Waals surface area (Å²) in [7, 11) is -2.65. The van der Waals surface area contributed by atoms with Crippen molar-refractivity contribution in [3.05, 3.63) is 46.1 Å². The predicted octanol–water partition coefficient (Wildman–Crippen LogP) is 1.76. The van der Waals surface area contributed by atoms with Crippen molar-refractivity contribution in [2.24, 2.45) is 7.05 Å². The molecule has 4 rings (SSSR count). The van der Waals surface area contributed by atoms with E-state index in [9.17, 15) is 22.0 Å². The average Bonchev–Trinajstić information content (AvgIpc) is 3.41. The number of rotatable bonds is 4. The van der Waals surface area contributed by atoms with E-state index in [2.05, 4.69) is 5.10 Å². The highest BCUT2D eigenvalue weighted by atomic mass is 32.2. The molecule has 1 saturated heterocycles. The third kappa shape index (κ3) is 3.10. The second-order valence-corrected chi connectivity index (χ2v) is 8.97. The molecule has 2 aliphatic rings. The number of piperidine rings is 1. The lowest BCUT2D eigenvalue weighted by molar-refractivity contribution is 0.306. The van der Waals surface area contributed by atoms with Crippen molar-refractivity contribution < 1.29 is 17.2 Å². The van der Waals surface area contributed by atoms with Gasteiger partial charge in [-0.05, 0) is 37.8 Å². The van der Waals surface area contributed by atoms with Crippen molar-refractivity contribution in [2.45, 2.75) is 42.5 Å². The van der Waals surface area contributed by atoms with Gasteiger partial charge in [-0.3, -0.25) is 4.57 Å². The van der Waals surface area contributed by atoms with Crippen LogP contribution in [0.5, 0.6) is 0 Å². The topological polar surface area (TPSA) is 77.2 Å².